The summed E-state index contributed by atoms with van der Waals surface area (Å²) in [5.41, 5.74) is 9.02. The van der Waals surface area contributed by atoms with E-state index in [0.29, 0.717) is 25.5 Å². The largest absolute Gasteiger partial charge is 0.383 e. The number of ether oxygens (including phenoxy) is 1. The molecule has 5 heterocycles. The van der Waals surface area contributed by atoms with Crippen LogP contribution in [0.2, 0.25) is 0 Å². The Morgan fingerprint density at radius 3 is 2.76 bits per heavy atom. The van der Waals surface area contributed by atoms with Gasteiger partial charge in [-0.25, -0.2) is 18.4 Å². The van der Waals surface area contributed by atoms with E-state index in [1.165, 1.54) is 6.26 Å². The van der Waals surface area contributed by atoms with Crippen LogP contribution in [-0.2, 0) is 14.8 Å². The van der Waals surface area contributed by atoms with Gasteiger partial charge in [-0.1, -0.05) is 0 Å². The number of nitrogens with zero attached hydrogens (tertiary/aromatic N) is 6. The molecule has 2 aromatic rings. The van der Waals surface area contributed by atoms with Crippen molar-refractivity contribution >= 4 is 38.4 Å². The number of nitrogens with two attached hydrogens (primary N) is 1. The zero-order chi connectivity index (χ0) is 23.9. The Labute approximate surface area is 204 Å². The van der Waals surface area contributed by atoms with Crippen LogP contribution in [0.15, 0.2) is 28.7 Å². The van der Waals surface area contributed by atoms with Crippen LogP contribution in [0, 0.1) is 6.92 Å². The van der Waals surface area contributed by atoms with Gasteiger partial charge in [-0.2, -0.15) is 4.31 Å². The van der Waals surface area contributed by atoms with Crippen LogP contribution in [-0.4, -0.2) is 98.6 Å². The minimum absolute atomic E-state index is 0.0276. The van der Waals surface area contributed by atoms with Gasteiger partial charge in [-0.05, 0) is 30.0 Å². The lowest BCUT2D eigenvalue weighted by molar-refractivity contribution is -0.0522. The molecule has 5 rings (SSSR count). The summed E-state index contributed by atoms with van der Waals surface area (Å²) in [7, 11) is -3.13. The molecule has 3 aliphatic heterocycles. The number of hydrogen-bond acceptors (Lipinski definition) is 10. The van der Waals surface area contributed by atoms with Gasteiger partial charge in [0.05, 0.1) is 19.0 Å². The van der Waals surface area contributed by atoms with E-state index in [1.54, 1.807) is 15.6 Å². The van der Waals surface area contributed by atoms with Crippen LogP contribution in [0.4, 0.5) is 10.8 Å². The minimum atomic E-state index is -3.13. The van der Waals surface area contributed by atoms with Crippen molar-refractivity contribution in [1.29, 1.82) is 0 Å². The first-order valence-corrected chi connectivity index (χ1v) is 14.2. The standard InChI is InChI=1S/C22H31N7O3S2/c1-16-11-18(13-24-20(16)23)21-25-12-17-3-10-33-22(17)29(21)27-8-9-32-19(15-27)14-26-4-6-28(7-5-26)34(2,30)31/h3,10-13,19,21H,4-9,14-15H2,1-2H3,(H2,23,24). The molecule has 0 aliphatic carbocycles. The lowest BCUT2D eigenvalue weighted by Crippen LogP contribution is -2.57. The molecule has 0 spiro atoms. The third kappa shape index (κ3) is 4.83. The van der Waals surface area contributed by atoms with Crippen LogP contribution in [0.1, 0.15) is 22.9 Å². The Morgan fingerprint density at radius 2 is 2.03 bits per heavy atom. The third-order valence-electron chi connectivity index (χ3n) is 6.59. The number of aryl methyl sites for hydroxylation is 1. The Bertz CT molecular complexity index is 1160. The van der Waals surface area contributed by atoms with E-state index in [1.807, 2.05) is 19.3 Å². The second-order valence-electron chi connectivity index (χ2n) is 9.02. The van der Waals surface area contributed by atoms with Crippen LogP contribution in [0.25, 0.3) is 0 Å². The number of hydrazine groups is 1. The zero-order valence-electron chi connectivity index (χ0n) is 19.5. The summed E-state index contributed by atoms with van der Waals surface area (Å²) in [6.07, 6.45) is 4.85. The second kappa shape index (κ2) is 9.51. The molecule has 184 valence electrons. The normalized spacial score (nSPS) is 24.9. The quantitative estimate of drug-likeness (QED) is 0.645. The molecule has 3 aliphatic rings. The number of fused-ring (bicyclic) bond motifs is 1. The number of aromatic nitrogens is 1. The van der Waals surface area contributed by atoms with Gasteiger partial charge >= 0.3 is 0 Å². The Balaban J connectivity index is 1.32. The fourth-order valence-electron chi connectivity index (χ4n) is 4.72. The van der Waals surface area contributed by atoms with Gasteiger partial charge in [-0.15, -0.1) is 11.3 Å². The topological polar surface area (TPSA) is 108 Å². The van der Waals surface area contributed by atoms with E-state index in [2.05, 4.69) is 37.4 Å². The molecule has 0 aromatic carbocycles. The van der Waals surface area contributed by atoms with Crippen LogP contribution < -0.4 is 10.7 Å². The SMILES string of the molecule is Cc1cc(C2N=Cc3ccsc3N2N2CCOC(CN3CCN(S(C)(=O)=O)CC3)C2)cnc1N. The Morgan fingerprint density at radius 1 is 1.24 bits per heavy atom. The maximum Gasteiger partial charge on any atom is 0.211 e. The lowest BCUT2D eigenvalue weighted by atomic mass is 10.1. The van der Waals surface area contributed by atoms with Crippen molar-refractivity contribution < 1.29 is 13.2 Å². The first-order chi connectivity index (χ1) is 16.3. The molecule has 34 heavy (non-hydrogen) atoms. The average molecular weight is 506 g/mol. The van der Waals surface area contributed by atoms with E-state index in [-0.39, 0.29) is 12.3 Å². The average Bonchev–Trinajstić information content (AvgIpc) is 3.29. The Kier molecular flexibility index (Phi) is 6.62. The minimum Gasteiger partial charge on any atom is -0.383 e. The van der Waals surface area contributed by atoms with E-state index >= 15 is 0 Å². The summed E-state index contributed by atoms with van der Waals surface area (Å²) in [4.78, 5) is 11.6. The summed E-state index contributed by atoms with van der Waals surface area (Å²) in [6.45, 7) is 7.36. The molecule has 12 heteroatoms. The summed E-state index contributed by atoms with van der Waals surface area (Å²) in [6, 6.07) is 4.16. The highest BCUT2D eigenvalue weighted by Gasteiger charge is 2.35. The fourth-order valence-corrected chi connectivity index (χ4v) is 6.47. The fraction of sp³-hybridized carbons (Fsp3) is 0.545. The number of anilines is 2. The van der Waals surface area contributed by atoms with Crippen molar-refractivity contribution in [3.05, 3.63) is 40.4 Å². The number of pyridine rings is 1. The smallest absolute Gasteiger partial charge is 0.211 e. The molecular weight excluding hydrogens is 474 g/mol. The van der Waals surface area contributed by atoms with Crippen molar-refractivity contribution in [2.45, 2.75) is 19.2 Å². The number of morpholine rings is 1. The number of sulfonamides is 1. The van der Waals surface area contributed by atoms with E-state index in [0.717, 1.165) is 54.4 Å². The van der Waals surface area contributed by atoms with E-state index in [4.69, 9.17) is 15.5 Å². The molecule has 0 bridgehead atoms. The maximum atomic E-state index is 11.8. The maximum absolute atomic E-state index is 11.8. The number of nitrogen functional groups attached to an aromatic ring is 1. The van der Waals surface area contributed by atoms with Crippen LogP contribution >= 0.6 is 11.3 Å². The molecular formula is C22H31N7O3S2. The number of piperazine rings is 1. The highest BCUT2D eigenvalue weighted by molar-refractivity contribution is 7.88. The van der Waals surface area contributed by atoms with Crippen molar-refractivity contribution in [2.75, 3.05) is 69.4 Å². The molecule has 2 atom stereocenters. The molecule has 2 saturated heterocycles. The van der Waals surface area contributed by atoms with Gasteiger partial charge in [0.2, 0.25) is 10.0 Å². The molecule has 2 fully saturated rings. The highest BCUT2D eigenvalue weighted by Crippen LogP contribution is 2.39. The van der Waals surface area contributed by atoms with Gasteiger partial charge in [0.25, 0.3) is 0 Å². The summed E-state index contributed by atoms with van der Waals surface area (Å²) in [5.74, 6) is 0.536. The molecule has 0 saturated carbocycles. The molecule has 10 nitrogen and oxygen atoms in total. The summed E-state index contributed by atoms with van der Waals surface area (Å²) >= 11 is 1.71. The number of rotatable bonds is 5. The molecule has 2 aromatic heterocycles. The predicted molar refractivity (Wildman–Crippen MR) is 135 cm³/mol. The van der Waals surface area contributed by atoms with Gasteiger partial charge < -0.3 is 10.5 Å². The highest BCUT2D eigenvalue weighted by atomic mass is 32.2. The van der Waals surface area contributed by atoms with Gasteiger partial charge in [-0.3, -0.25) is 14.9 Å². The van der Waals surface area contributed by atoms with Gasteiger partial charge in [0.1, 0.15) is 10.8 Å². The van der Waals surface area contributed by atoms with Gasteiger partial charge in [0, 0.05) is 69.4 Å². The molecule has 2 N–H and O–H groups in total. The van der Waals surface area contributed by atoms with Crippen molar-refractivity contribution in [3.8, 4) is 0 Å². The third-order valence-corrected chi connectivity index (χ3v) is 8.81. The van der Waals surface area contributed by atoms with Crippen LogP contribution in [0.5, 0.6) is 0 Å². The predicted octanol–water partition coefficient (Wildman–Crippen LogP) is 1.16. The number of aliphatic imine (C=N–C) groups is 1. The van der Waals surface area contributed by atoms with E-state index < -0.39 is 10.0 Å². The first kappa shape index (κ1) is 23.6. The van der Waals surface area contributed by atoms with Crippen molar-refractivity contribution in [2.24, 2.45) is 4.99 Å². The summed E-state index contributed by atoms with van der Waals surface area (Å²) in [5, 5.41) is 7.88. The molecule has 0 radical (unpaired) electrons. The first-order valence-electron chi connectivity index (χ1n) is 11.5. The van der Waals surface area contributed by atoms with Crippen molar-refractivity contribution in [1.82, 2.24) is 19.2 Å². The molecule has 2 unspecified atom stereocenters. The zero-order valence-corrected chi connectivity index (χ0v) is 21.1. The monoisotopic (exact) mass is 505 g/mol. The van der Waals surface area contributed by atoms with Crippen LogP contribution in [0.3, 0.4) is 0 Å². The van der Waals surface area contributed by atoms with E-state index in [9.17, 15) is 8.42 Å². The second-order valence-corrected chi connectivity index (χ2v) is 11.9. The molecule has 0 amide bonds. The lowest BCUT2D eigenvalue weighted by Gasteiger charge is -2.46. The Hall–Kier alpha value is -2.09. The van der Waals surface area contributed by atoms with Gasteiger partial charge in [0.15, 0.2) is 6.17 Å². The number of hydrogen-bond donors (Lipinski definition) is 1. The number of thiophene rings is 1. The van der Waals surface area contributed by atoms with Crippen molar-refractivity contribution in [3.63, 3.8) is 0 Å². The summed E-state index contributed by atoms with van der Waals surface area (Å²) < 4.78 is 31.3.